The summed E-state index contributed by atoms with van der Waals surface area (Å²) in [7, 11) is 2.11. The van der Waals surface area contributed by atoms with Crippen molar-refractivity contribution < 1.29 is 9.47 Å². The fourth-order valence-electron chi connectivity index (χ4n) is 2.05. The first-order valence-electron chi connectivity index (χ1n) is 6.41. The second kappa shape index (κ2) is 5.59. The molecular weight excluding hydrogens is 228 g/mol. The van der Waals surface area contributed by atoms with Gasteiger partial charge in [0.15, 0.2) is 11.5 Å². The number of nitrogens with zero attached hydrogens (tertiary/aromatic N) is 1. The second-order valence-electron chi connectivity index (χ2n) is 4.95. The van der Waals surface area contributed by atoms with Gasteiger partial charge in [-0.2, -0.15) is 0 Å². The van der Waals surface area contributed by atoms with Gasteiger partial charge in [0, 0.05) is 19.1 Å². The number of rotatable bonds is 5. The van der Waals surface area contributed by atoms with Crippen molar-refractivity contribution in [2.24, 2.45) is 5.73 Å². The van der Waals surface area contributed by atoms with Gasteiger partial charge in [-0.05, 0) is 50.6 Å². The fourth-order valence-corrected chi connectivity index (χ4v) is 2.05. The molecule has 100 valence electrons. The number of ether oxygens (including phenoxy) is 2. The van der Waals surface area contributed by atoms with Gasteiger partial charge in [-0.15, -0.1) is 0 Å². The molecule has 0 saturated carbocycles. The summed E-state index contributed by atoms with van der Waals surface area (Å²) in [5.74, 6) is 1.73. The third kappa shape index (κ3) is 2.76. The number of hydrogen-bond acceptors (Lipinski definition) is 4. The van der Waals surface area contributed by atoms with Crippen LogP contribution >= 0.6 is 0 Å². The van der Waals surface area contributed by atoms with Gasteiger partial charge in [-0.25, -0.2) is 0 Å². The van der Waals surface area contributed by atoms with Crippen LogP contribution < -0.4 is 15.2 Å². The number of fused-ring (bicyclic) bond motifs is 1. The second-order valence-corrected chi connectivity index (χ2v) is 4.95. The minimum Gasteiger partial charge on any atom is -0.454 e. The monoisotopic (exact) mass is 250 g/mol. The first-order valence-corrected chi connectivity index (χ1v) is 6.41. The fraction of sp³-hybridized carbons (Fsp3) is 0.571. The molecule has 1 heterocycles. The van der Waals surface area contributed by atoms with Crippen LogP contribution in [0, 0.1) is 6.92 Å². The zero-order valence-corrected chi connectivity index (χ0v) is 11.4. The highest BCUT2D eigenvalue weighted by Gasteiger charge is 2.16. The molecule has 2 rings (SSSR count). The molecule has 1 unspecified atom stereocenters. The molecule has 1 aromatic rings. The van der Waals surface area contributed by atoms with Crippen LogP contribution in [0.2, 0.25) is 0 Å². The van der Waals surface area contributed by atoms with Gasteiger partial charge in [0.25, 0.3) is 0 Å². The lowest BCUT2D eigenvalue weighted by atomic mass is 10.0. The SMILES string of the molecule is Cc1cc2c(cc1CCN(C)C(C)CN)OCO2. The van der Waals surface area contributed by atoms with E-state index in [1.165, 1.54) is 11.1 Å². The van der Waals surface area contributed by atoms with Crippen LogP contribution in [0.1, 0.15) is 18.1 Å². The van der Waals surface area contributed by atoms with Crippen LogP contribution in [0.25, 0.3) is 0 Å². The normalized spacial score (nSPS) is 15.2. The molecule has 1 aliphatic rings. The molecule has 1 aromatic carbocycles. The minimum absolute atomic E-state index is 0.336. The lowest BCUT2D eigenvalue weighted by molar-refractivity contribution is 0.174. The molecule has 1 aliphatic heterocycles. The molecule has 0 bridgehead atoms. The summed E-state index contributed by atoms with van der Waals surface area (Å²) in [6.45, 7) is 6.29. The van der Waals surface area contributed by atoms with Crippen LogP contribution in [0.15, 0.2) is 12.1 Å². The van der Waals surface area contributed by atoms with E-state index in [4.69, 9.17) is 15.2 Å². The van der Waals surface area contributed by atoms with Crippen molar-refractivity contribution in [2.45, 2.75) is 26.3 Å². The first kappa shape index (κ1) is 13.2. The van der Waals surface area contributed by atoms with E-state index in [0.717, 1.165) is 24.5 Å². The van der Waals surface area contributed by atoms with Gasteiger partial charge in [0.2, 0.25) is 6.79 Å². The molecule has 4 nitrogen and oxygen atoms in total. The highest BCUT2D eigenvalue weighted by atomic mass is 16.7. The Morgan fingerprint density at radius 3 is 2.67 bits per heavy atom. The average molecular weight is 250 g/mol. The molecule has 2 N–H and O–H groups in total. The molecule has 1 atom stereocenters. The van der Waals surface area contributed by atoms with Gasteiger partial charge in [0.05, 0.1) is 0 Å². The van der Waals surface area contributed by atoms with Crippen molar-refractivity contribution in [3.05, 3.63) is 23.3 Å². The van der Waals surface area contributed by atoms with Gasteiger partial charge in [0.1, 0.15) is 0 Å². The molecule has 0 spiro atoms. The first-order chi connectivity index (χ1) is 8.61. The predicted molar refractivity (Wildman–Crippen MR) is 72.2 cm³/mol. The van der Waals surface area contributed by atoms with E-state index >= 15 is 0 Å². The number of nitrogens with two attached hydrogens (primary N) is 1. The molecule has 0 aromatic heterocycles. The van der Waals surface area contributed by atoms with Crippen molar-refractivity contribution in [1.82, 2.24) is 4.90 Å². The Labute approximate surface area is 109 Å². The lowest BCUT2D eigenvalue weighted by Crippen LogP contribution is -2.36. The van der Waals surface area contributed by atoms with Crippen molar-refractivity contribution in [1.29, 1.82) is 0 Å². The maximum absolute atomic E-state index is 5.67. The molecular formula is C14H22N2O2. The van der Waals surface area contributed by atoms with Crippen molar-refractivity contribution in [3.63, 3.8) is 0 Å². The Kier molecular flexibility index (Phi) is 4.09. The summed E-state index contributed by atoms with van der Waals surface area (Å²) < 4.78 is 10.8. The van der Waals surface area contributed by atoms with E-state index in [9.17, 15) is 0 Å². The maximum Gasteiger partial charge on any atom is 0.231 e. The summed E-state index contributed by atoms with van der Waals surface area (Å²) in [5, 5.41) is 0. The van der Waals surface area contributed by atoms with Gasteiger partial charge in [-0.3, -0.25) is 0 Å². The smallest absolute Gasteiger partial charge is 0.231 e. The summed E-state index contributed by atoms with van der Waals surface area (Å²) in [6, 6.07) is 4.57. The van der Waals surface area contributed by atoms with Crippen molar-refractivity contribution in [2.75, 3.05) is 26.9 Å². The largest absolute Gasteiger partial charge is 0.454 e. The minimum atomic E-state index is 0.336. The highest BCUT2D eigenvalue weighted by molar-refractivity contribution is 5.48. The Hall–Kier alpha value is -1.26. The Bertz CT molecular complexity index is 421. The van der Waals surface area contributed by atoms with Crippen LogP contribution in [0.4, 0.5) is 0 Å². The molecule has 0 saturated heterocycles. The number of benzene rings is 1. The summed E-state index contributed by atoms with van der Waals surface area (Å²) >= 11 is 0. The molecule has 4 heteroatoms. The molecule has 0 aliphatic carbocycles. The van der Waals surface area contributed by atoms with Gasteiger partial charge < -0.3 is 20.1 Å². The third-order valence-electron chi connectivity index (χ3n) is 3.66. The van der Waals surface area contributed by atoms with Crippen LogP contribution in [-0.4, -0.2) is 37.9 Å². The highest BCUT2D eigenvalue weighted by Crippen LogP contribution is 2.34. The standard InChI is InChI=1S/C14H22N2O2/c1-10-6-13-14(18-9-17-13)7-12(10)4-5-16(3)11(2)8-15/h6-7,11H,4-5,8-9,15H2,1-3H3. The molecule has 0 fully saturated rings. The van der Waals surface area contributed by atoms with Gasteiger partial charge >= 0.3 is 0 Å². The zero-order chi connectivity index (χ0) is 13.1. The average Bonchev–Trinajstić information content (AvgIpc) is 2.81. The summed E-state index contributed by atoms with van der Waals surface area (Å²) in [5.41, 5.74) is 8.24. The maximum atomic E-state index is 5.67. The quantitative estimate of drug-likeness (QED) is 0.861. The number of likely N-dealkylation sites (N-methyl/N-ethyl adjacent to an activating group) is 1. The van der Waals surface area contributed by atoms with E-state index in [1.807, 2.05) is 0 Å². The Morgan fingerprint density at radius 2 is 2.00 bits per heavy atom. The number of aryl methyl sites for hydroxylation is 1. The van der Waals surface area contributed by atoms with Crippen LogP contribution in [0.3, 0.4) is 0 Å². The molecule has 0 amide bonds. The van der Waals surface area contributed by atoms with Gasteiger partial charge in [-0.1, -0.05) is 0 Å². The summed E-state index contributed by atoms with van der Waals surface area (Å²) in [4.78, 5) is 2.28. The molecule has 18 heavy (non-hydrogen) atoms. The summed E-state index contributed by atoms with van der Waals surface area (Å²) in [6.07, 6.45) is 1.00. The van der Waals surface area contributed by atoms with Crippen molar-refractivity contribution >= 4 is 0 Å². The molecule has 0 radical (unpaired) electrons. The zero-order valence-electron chi connectivity index (χ0n) is 11.4. The Balaban J connectivity index is 2.01. The van der Waals surface area contributed by atoms with E-state index < -0.39 is 0 Å². The number of hydrogen-bond donors (Lipinski definition) is 1. The van der Waals surface area contributed by atoms with E-state index in [2.05, 4.69) is 37.9 Å². The van der Waals surface area contributed by atoms with E-state index in [-0.39, 0.29) is 0 Å². The topological polar surface area (TPSA) is 47.7 Å². The Morgan fingerprint density at radius 1 is 1.33 bits per heavy atom. The van der Waals surface area contributed by atoms with Crippen LogP contribution in [-0.2, 0) is 6.42 Å². The van der Waals surface area contributed by atoms with E-state index in [0.29, 0.717) is 19.4 Å². The van der Waals surface area contributed by atoms with Crippen molar-refractivity contribution in [3.8, 4) is 11.5 Å². The lowest BCUT2D eigenvalue weighted by Gasteiger charge is -2.23. The third-order valence-corrected chi connectivity index (χ3v) is 3.66. The predicted octanol–water partition coefficient (Wildman–Crippen LogP) is 1.55. The van der Waals surface area contributed by atoms with Crippen LogP contribution in [0.5, 0.6) is 11.5 Å². The van der Waals surface area contributed by atoms with E-state index in [1.54, 1.807) is 0 Å².